The van der Waals surface area contributed by atoms with Gasteiger partial charge in [0.2, 0.25) is 0 Å². The predicted molar refractivity (Wildman–Crippen MR) is 165 cm³/mol. The first-order chi connectivity index (χ1) is 19.4. The average Bonchev–Trinajstić information content (AvgIpc) is 3.48. The van der Waals surface area contributed by atoms with Crippen LogP contribution in [0.25, 0.3) is 21.2 Å². The van der Waals surface area contributed by atoms with Gasteiger partial charge in [-0.25, -0.2) is 4.79 Å². The van der Waals surface area contributed by atoms with Crippen LogP contribution in [-0.4, -0.2) is 25.1 Å². The Morgan fingerprint density at radius 2 is 1.57 bits per heavy atom. The van der Waals surface area contributed by atoms with Gasteiger partial charge in [0.25, 0.3) is 5.91 Å². The molecule has 0 saturated carbocycles. The summed E-state index contributed by atoms with van der Waals surface area (Å²) in [4.78, 5) is 28.7. The smallest absolute Gasteiger partial charge is 0.341 e. The Morgan fingerprint density at radius 1 is 0.850 bits per heavy atom. The number of carbonyl (C=O) groups excluding carboxylic acids is 2. The molecule has 40 heavy (non-hydrogen) atoms. The molecule has 1 amide bonds. The maximum Gasteiger partial charge on any atom is 0.341 e. The van der Waals surface area contributed by atoms with Gasteiger partial charge in [0, 0.05) is 15.1 Å². The molecule has 0 aliphatic rings. The van der Waals surface area contributed by atoms with E-state index >= 15 is 0 Å². The first-order valence-electron chi connectivity index (χ1n) is 13.3. The highest BCUT2D eigenvalue weighted by Crippen LogP contribution is 2.42. The van der Waals surface area contributed by atoms with Crippen LogP contribution < -0.4 is 10.1 Å². The lowest BCUT2D eigenvalue weighted by Crippen LogP contribution is -2.15. The van der Waals surface area contributed by atoms with Gasteiger partial charge < -0.3 is 14.8 Å². The number of benzene rings is 3. The summed E-state index contributed by atoms with van der Waals surface area (Å²) in [7, 11) is 0. The van der Waals surface area contributed by atoms with E-state index in [-0.39, 0.29) is 12.5 Å². The molecule has 0 aliphatic carbocycles. The molecule has 1 N–H and O–H groups in total. The molecule has 0 spiro atoms. The maximum atomic E-state index is 13.9. The Kier molecular flexibility index (Phi) is 8.33. The van der Waals surface area contributed by atoms with Gasteiger partial charge in [0.15, 0.2) is 0 Å². The summed E-state index contributed by atoms with van der Waals surface area (Å²) in [5.74, 6) is 0.0758. The van der Waals surface area contributed by atoms with Crippen molar-refractivity contribution in [3.63, 3.8) is 0 Å². The number of ether oxygens (including phenoxy) is 2. The van der Waals surface area contributed by atoms with Gasteiger partial charge in [-0.05, 0) is 74.4 Å². The highest BCUT2D eigenvalue weighted by Gasteiger charge is 2.27. The number of amides is 1. The molecule has 0 atom stereocenters. The molecule has 7 heteroatoms. The number of carbonyl (C=O) groups is 2. The molecular formula is C33H31NO4S2. The summed E-state index contributed by atoms with van der Waals surface area (Å²) in [5, 5.41) is 4.65. The zero-order valence-corrected chi connectivity index (χ0v) is 24.6. The Hall–Kier alpha value is -3.94. The molecular weight excluding hydrogens is 539 g/mol. The van der Waals surface area contributed by atoms with Crippen LogP contribution in [0.2, 0.25) is 0 Å². The molecule has 0 aliphatic heterocycles. The summed E-state index contributed by atoms with van der Waals surface area (Å²) in [6, 6.07) is 24.1. The lowest BCUT2D eigenvalue weighted by molar-refractivity contribution is 0.0529. The number of anilines is 1. The van der Waals surface area contributed by atoms with Gasteiger partial charge in [-0.1, -0.05) is 60.2 Å². The number of hydrogen-bond donors (Lipinski definition) is 1. The number of aryl methyl sites for hydroxylation is 2. The van der Waals surface area contributed by atoms with E-state index in [1.165, 1.54) is 28.2 Å². The third-order valence-corrected chi connectivity index (χ3v) is 8.88. The van der Waals surface area contributed by atoms with E-state index in [2.05, 4.69) is 42.6 Å². The van der Waals surface area contributed by atoms with E-state index in [4.69, 9.17) is 9.47 Å². The molecule has 0 radical (unpaired) electrons. The largest absolute Gasteiger partial charge is 0.494 e. The second-order valence-corrected chi connectivity index (χ2v) is 11.7. The highest BCUT2D eigenvalue weighted by molar-refractivity contribution is 7.21. The minimum atomic E-state index is -0.456. The van der Waals surface area contributed by atoms with E-state index in [1.807, 2.05) is 56.3 Å². The summed E-state index contributed by atoms with van der Waals surface area (Å²) in [6.45, 7) is 8.55. The molecule has 5 aromatic rings. The monoisotopic (exact) mass is 569 g/mol. The lowest BCUT2D eigenvalue weighted by atomic mass is 10.00. The van der Waals surface area contributed by atoms with Crippen molar-refractivity contribution in [2.75, 3.05) is 18.5 Å². The van der Waals surface area contributed by atoms with Crippen molar-refractivity contribution >= 4 is 49.6 Å². The summed E-state index contributed by atoms with van der Waals surface area (Å²) < 4.78 is 12.1. The Morgan fingerprint density at radius 3 is 2.27 bits per heavy atom. The van der Waals surface area contributed by atoms with Crippen LogP contribution in [0.5, 0.6) is 5.75 Å². The van der Waals surface area contributed by atoms with Crippen LogP contribution in [-0.2, 0) is 11.2 Å². The fraction of sp³-hybridized carbons (Fsp3) is 0.212. The van der Waals surface area contributed by atoms with Gasteiger partial charge in [-0.2, -0.15) is 0 Å². The van der Waals surface area contributed by atoms with E-state index < -0.39 is 5.97 Å². The summed E-state index contributed by atoms with van der Waals surface area (Å²) in [6.07, 6.45) is 0.638. The molecule has 0 bridgehead atoms. The number of rotatable bonds is 9. The van der Waals surface area contributed by atoms with Crippen LogP contribution in [0, 0.1) is 13.8 Å². The second-order valence-electron chi connectivity index (χ2n) is 9.44. The first kappa shape index (κ1) is 27.6. The van der Waals surface area contributed by atoms with Crippen LogP contribution >= 0.6 is 22.7 Å². The van der Waals surface area contributed by atoms with Crippen molar-refractivity contribution in [1.82, 2.24) is 0 Å². The van der Waals surface area contributed by atoms with Crippen LogP contribution in [0.15, 0.2) is 72.8 Å². The minimum Gasteiger partial charge on any atom is -0.494 e. The third kappa shape index (κ3) is 5.67. The Labute approximate surface area is 242 Å². The quantitative estimate of drug-likeness (QED) is 0.180. The van der Waals surface area contributed by atoms with Crippen LogP contribution in [0.4, 0.5) is 5.00 Å². The van der Waals surface area contributed by atoms with Gasteiger partial charge in [-0.3, -0.25) is 4.79 Å². The van der Waals surface area contributed by atoms with Crippen molar-refractivity contribution < 1.29 is 19.1 Å². The predicted octanol–water partition coefficient (Wildman–Crippen LogP) is 8.67. The molecule has 5 nitrogen and oxygen atoms in total. The molecule has 3 aromatic carbocycles. The first-order valence-corrected chi connectivity index (χ1v) is 14.9. The molecule has 5 rings (SSSR count). The topological polar surface area (TPSA) is 64.6 Å². The number of thiophene rings is 2. The SMILES string of the molecule is CCOC(=O)c1c(NC(=O)c2sc3ccccc3c2Cc2ccc(C)cc2)sc(C)c1-c1ccc(OCC)cc1. The van der Waals surface area contributed by atoms with Crippen molar-refractivity contribution in [2.24, 2.45) is 0 Å². The fourth-order valence-corrected chi connectivity index (χ4v) is 6.97. The van der Waals surface area contributed by atoms with Gasteiger partial charge in [0.1, 0.15) is 16.3 Å². The molecule has 204 valence electrons. The second kappa shape index (κ2) is 12.1. The Bertz CT molecular complexity index is 1660. The summed E-state index contributed by atoms with van der Waals surface area (Å²) >= 11 is 2.86. The zero-order chi connectivity index (χ0) is 28.2. The maximum absolute atomic E-state index is 13.9. The van der Waals surface area contributed by atoms with Gasteiger partial charge in [0.05, 0.1) is 18.1 Å². The van der Waals surface area contributed by atoms with Gasteiger partial charge in [-0.15, -0.1) is 22.7 Å². The Balaban J connectivity index is 1.54. The molecule has 0 fully saturated rings. The normalized spacial score (nSPS) is 11.0. The standard InChI is InChI=1S/C33H31NO4S2/c1-5-37-24-17-15-23(16-18-24)28-21(4)39-32(29(28)33(36)38-6-2)34-31(35)30-26(19-22-13-11-20(3)12-14-22)25-9-7-8-10-27(25)40-30/h7-18H,5-6,19H2,1-4H3,(H,34,35). The molecule has 2 aromatic heterocycles. The number of fused-ring (bicyclic) bond motifs is 1. The molecule has 0 unspecified atom stereocenters. The van der Waals surface area contributed by atoms with Crippen molar-refractivity contribution in [2.45, 2.75) is 34.1 Å². The number of esters is 1. The van der Waals surface area contributed by atoms with Crippen molar-refractivity contribution in [3.05, 3.63) is 105 Å². The van der Waals surface area contributed by atoms with E-state index in [0.29, 0.717) is 28.5 Å². The lowest BCUT2D eigenvalue weighted by Gasteiger charge is -2.10. The zero-order valence-electron chi connectivity index (χ0n) is 23.0. The third-order valence-electron chi connectivity index (χ3n) is 6.65. The minimum absolute atomic E-state index is 0.228. The highest BCUT2D eigenvalue weighted by atomic mass is 32.1. The van der Waals surface area contributed by atoms with E-state index in [9.17, 15) is 9.59 Å². The number of nitrogens with one attached hydrogen (secondary N) is 1. The van der Waals surface area contributed by atoms with Crippen molar-refractivity contribution in [3.8, 4) is 16.9 Å². The van der Waals surface area contributed by atoms with E-state index in [1.54, 1.807) is 6.92 Å². The fourth-order valence-electron chi connectivity index (χ4n) is 4.79. The van der Waals surface area contributed by atoms with Crippen LogP contribution in [0.3, 0.4) is 0 Å². The molecule has 2 heterocycles. The number of hydrogen-bond acceptors (Lipinski definition) is 6. The molecule has 0 saturated heterocycles. The van der Waals surface area contributed by atoms with Crippen LogP contribution in [0.1, 0.15) is 55.4 Å². The van der Waals surface area contributed by atoms with E-state index in [0.717, 1.165) is 43.0 Å². The van der Waals surface area contributed by atoms with Crippen molar-refractivity contribution in [1.29, 1.82) is 0 Å². The van der Waals surface area contributed by atoms with Gasteiger partial charge >= 0.3 is 5.97 Å². The average molecular weight is 570 g/mol. The summed E-state index contributed by atoms with van der Waals surface area (Å²) in [5.41, 5.74) is 5.32.